The first kappa shape index (κ1) is 12.4. The van der Waals surface area contributed by atoms with E-state index in [0.29, 0.717) is 11.0 Å². The minimum Gasteiger partial charge on any atom is -0.296 e. The van der Waals surface area contributed by atoms with Crippen LogP contribution in [-0.4, -0.2) is 21.1 Å². The highest BCUT2D eigenvalue weighted by Crippen LogP contribution is 2.21. The molecule has 6 nitrogen and oxygen atoms in total. The van der Waals surface area contributed by atoms with Gasteiger partial charge in [-0.15, -0.1) is 11.3 Å². The lowest BCUT2D eigenvalue weighted by Gasteiger charge is -2.00. The Hall–Kier alpha value is -2.02. The van der Waals surface area contributed by atoms with Gasteiger partial charge < -0.3 is 0 Å². The van der Waals surface area contributed by atoms with Crippen molar-refractivity contribution in [1.82, 2.24) is 15.2 Å². The van der Waals surface area contributed by atoms with Crippen molar-refractivity contribution < 1.29 is 4.79 Å². The van der Waals surface area contributed by atoms with Crippen molar-refractivity contribution >= 4 is 22.4 Å². The van der Waals surface area contributed by atoms with Gasteiger partial charge in [0.05, 0.1) is 5.69 Å². The van der Waals surface area contributed by atoms with Gasteiger partial charge in [-0.3, -0.25) is 14.9 Å². The minimum absolute atomic E-state index is 0.149. The second-order valence-electron chi connectivity index (χ2n) is 3.99. The summed E-state index contributed by atoms with van der Waals surface area (Å²) >= 11 is 1.36. The van der Waals surface area contributed by atoms with Gasteiger partial charge in [0.15, 0.2) is 5.13 Å². The number of aromatic amines is 1. The molecule has 2 heterocycles. The smallest absolute Gasteiger partial charge is 0.277 e. The Morgan fingerprint density at radius 1 is 1.44 bits per heavy atom. The highest BCUT2D eigenvalue weighted by atomic mass is 32.1. The van der Waals surface area contributed by atoms with Gasteiger partial charge in [0.1, 0.15) is 5.69 Å². The molecule has 0 spiro atoms. The Morgan fingerprint density at radius 2 is 2.22 bits per heavy atom. The van der Waals surface area contributed by atoms with E-state index in [1.165, 1.54) is 23.5 Å². The van der Waals surface area contributed by atoms with E-state index in [2.05, 4.69) is 20.5 Å². The van der Waals surface area contributed by atoms with E-state index in [-0.39, 0.29) is 11.3 Å². The molecule has 94 valence electrons. The zero-order valence-corrected chi connectivity index (χ0v) is 10.7. The van der Waals surface area contributed by atoms with Crippen molar-refractivity contribution in [2.45, 2.75) is 19.8 Å². The number of aromatic nitrogens is 3. The molecule has 0 radical (unpaired) electrons. The fraction of sp³-hybridized carbons (Fsp3) is 0.273. The molecular formula is C11H12N4O2S. The molecule has 7 heteroatoms. The maximum atomic E-state index is 11.8. The van der Waals surface area contributed by atoms with Crippen LogP contribution in [0.3, 0.4) is 0 Å². The Balaban J connectivity index is 2.11. The summed E-state index contributed by atoms with van der Waals surface area (Å²) in [6.07, 6.45) is 0. The standard InChI is InChI=1S/C11H12N4O2S/c1-6(2)8-5-18-11(12-8)13-10(17)7-3-4-9(16)15-14-7/h3-6H,1-2H3,(H,15,16)(H,12,13,17). The molecule has 2 rings (SSSR count). The van der Waals surface area contributed by atoms with E-state index in [1.54, 1.807) is 0 Å². The summed E-state index contributed by atoms with van der Waals surface area (Å²) in [6.45, 7) is 4.06. The summed E-state index contributed by atoms with van der Waals surface area (Å²) in [4.78, 5) is 26.9. The molecule has 2 N–H and O–H groups in total. The average molecular weight is 264 g/mol. The Kier molecular flexibility index (Phi) is 3.52. The number of nitrogens with one attached hydrogen (secondary N) is 2. The number of thiazole rings is 1. The van der Waals surface area contributed by atoms with Gasteiger partial charge >= 0.3 is 0 Å². The zero-order chi connectivity index (χ0) is 13.1. The van der Waals surface area contributed by atoms with E-state index in [1.807, 2.05) is 19.2 Å². The molecule has 18 heavy (non-hydrogen) atoms. The first-order chi connectivity index (χ1) is 8.56. The maximum Gasteiger partial charge on any atom is 0.277 e. The topological polar surface area (TPSA) is 87.7 Å². The third-order valence-electron chi connectivity index (χ3n) is 2.25. The van der Waals surface area contributed by atoms with Gasteiger partial charge in [-0.25, -0.2) is 10.1 Å². The van der Waals surface area contributed by atoms with Gasteiger partial charge in [0, 0.05) is 11.4 Å². The van der Waals surface area contributed by atoms with Crippen LogP contribution in [-0.2, 0) is 0 Å². The highest BCUT2D eigenvalue weighted by Gasteiger charge is 2.11. The van der Waals surface area contributed by atoms with Crippen molar-refractivity contribution in [3.63, 3.8) is 0 Å². The highest BCUT2D eigenvalue weighted by molar-refractivity contribution is 7.14. The number of anilines is 1. The van der Waals surface area contributed by atoms with E-state index >= 15 is 0 Å². The molecule has 0 aliphatic heterocycles. The van der Waals surface area contributed by atoms with Crippen molar-refractivity contribution in [3.8, 4) is 0 Å². The molecule has 0 aromatic carbocycles. The normalized spacial score (nSPS) is 10.6. The molecule has 0 saturated heterocycles. The van der Waals surface area contributed by atoms with Gasteiger partial charge in [0.25, 0.3) is 11.5 Å². The van der Waals surface area contributed by atoms with Crippen molar-refractivity contribution in [2.75, 3.05) is 5.32 Å². The number of rotatable bonds is 3. The predicted octanol–water partition coefficient (Wildman–Crippen LogP) is 1.60. The Morgan fingerprint density at radius 3 is 2.78 bits per heavy atom. The summed E-state index contributed by atoms with van der Waals surface area (Å²) < 4.78 is 0. The molecular weight excluding hydrogens is 252 g/mol. The van der Waals surface area contributed by atoms with E-state index < -0.39 is 5.91 Å². The number of amides is 1. The van der Waals surface area contributed by atoms with Crippen LogP contribution in [0.2, 0.25) is 0 Å². The minimum atomic E-state index is -0.393. The summed E-state index contributed by atoms with van der Waals surface area (Å²) in [5.41, 5.74) is 0.739. The lowest BCUT2D eigenvalue weighted by atomic mass is 10.2. The quantitative estimate of drug-likeness (QED) is 0.881. The van der Waals surface area contributed by atoms with Crippen LogP contribution in [0.5, 0.6) is 0 Å². The first-order valence-corrected chi connectivity index (χ1v) is 6.26. The van der Waals surface area contributed by atoms with Crippen LogP contribution in [0.25, 0.3) is 0 Å². The van der Waals surface area contributed by atoms with Crippen LogP contribution in [0, 0.1) is 0 Å². The molecule has 2 aromatic heterocycles. The average Bonchev–Trinajstić information content (AvgIpc) is 2.78. The number of hydrogen-bond acceptors (Lipinski definition) is 5. The number of carbonyl (C=O) groups is 1. The van der Waals surface area contributed by atoms with Crippen LogP contribution >= 0.6 is 11.3 Å². The van der Waals surface area contributed by atoms with Gasteiger partial charge in [-0.1, -0.05) is 13.8 Å². The second-order valence-corrected chi connectivity index (χ2v) is 4.85. The van der Waals surface area contributed by atoms with Crippen LogP contribution in [0.15, 0.2) is 22.3 Å². The second kappa shape index (κ2) is 5.09. The predicted molar refractivity (Wildman–Crippen MR) is 69.0 cm³/mol. The Bertz CT molecular complexity index is 597. The van der Waals surface area contributed by atoms with Gasteiger partial charge in [-0.05, 0) is 12.0 Å². The molecule has 0 bridgehead atoms. The maximum absolute atomic E-state index is 11.8. The van der Waals surface area contributed by atoms with E-state index in [9.17, 15) is 9.59 Å². The largest absolute Gasteiger partial charge is 0.296 e. The molecule has 1 amide bonds. The molecule has 0 saturated carbocycles. The van der Waals surface area contributed by atoms with Crippen molar-refractivity contribution in [3.05, 3.63) is 39.3 Å². The van der Waals surface area contributed by atoms with Gasteiger partial charge in [-0.2, -0.15) is 5.10 Å². The number of nitrogens with zero attached hydrogens (tertiary/aromatic N) is 2. The van der Waals surface area contributed by atoms with Crippen molar-refractivity contribution in [2.24, 2.45) is 0 Å². The molecule has 0 aliphatic carbocycles. The third kappa shape index (κ3) is 2.80. The first-order valence-electron chi connectivity index (χ1n) is 5.39. The van der Waals surface area contributed by atoms with Crippen LogP contribution < -0.4 is 10.9 Å². The molecule has 0 atom stereocenters. The van der Waals surface area contributed by atoms with E-state index in [4.69, 9.17) is 0 Å². The molecule has 0 fully saturated rings. The van der Waals surface area contributed by atoms with Crippen molar-refractivity contribution in [1.29, 1.82) is 0 Å². The number of carbonyl (C=O) groups excluding carboxylic acids is 1. The van der Waals surface area contributed by atoms with Crippen LogP contribution in [0.1, 0.15) is 35.9 Å². The lowest BCUT2D eigenvalue weighted by molar-refractivity contribution is 0.102. The molecule has 0 unspecified atom stereocenters. The summed E-state index contributed by atoms with van der Waals surface area (Å²) in [7, 11) is 0. The summed E-state index contributed by atoms with van der Waals surface area (Å²) in [6, 6.07) is 2.62. The summed E-state index contributed by atoms with van der Waals surface area (Å²) in [5.74, 6) is -0.0750. The zero-order valence-electron chi connectivity index (χ0n) is 9.93. The monoisotopic (exact) mass is 264 g/mol. The Labute approximate surface area is 107 Å². The van der Waals surface area contributed by atoms with Gasteiger partial charge in [0.2, 0.25) is 0 Å². The fourth-order valence-corrected chi connectivity index (χ4v) is 2.11. The fourth-order valence-electron chi connectivity index (χ4n) is 1.24. The number of hydrogen-bond donors (Lipinski definition) is 2. The lowest BCUT2D eigenvalue weighted by Crippen LogP contribution is -2.17. The number of H-pyrrole nitrogens is 1. The molecule has 0 aliphatic rings. The third-order valence-corrected chi connectivity index (χ3v) is 3.02. The van der Waals surface area contributed by atoms with Crippen LogP contribution in [0.4, 0.5) is 5.13 Å². The van der Waals surface area contributed by atoms with E-state index in [0.717, 1.165) is 5.69 Å². The molecule has 2 aromatic rings. The SMILES string of the molecule is CC(C)c1csc(NC(=O)c2ccc(=O)[nH]n2)n1. The summed E-state index contributed by atoms with van der Waals surface area (Å²) in [5, 5.41) is 10.9.